The van der Waals surface area contributed by atoms with E-state index < -0.39 is 5.97 Å². The Morgan fingerprint density at radius 2 is 2.00 bits per heavy atom. The second-order valence-electron chi connectivity index (χ2n) is 6.13. The molecule has 0 saturated heterocycles. The van der Waals surface area contributed by atoms with Gasteiger partial charge in [0.25, 0.3) is 0 Å². The average Bonchev–Trinajstić information content (AvgIpc) is 3.23. The van der Waals surface area contributed by atoms with Crippen LogP contribution < -0.4 is 5.32 Å². The molecule has 9 heteroatoms. The van der Waals surface area contributed by atoms with Crippen LogP contribution in [0.25, 0.3) is 5.69 Å². The summed E-state index contributed by atoms with van der Waals surface area (Å²) in [7, 11) is 0. The first-order valence-electron chi connectivity index (χ1n) is 8.19. The van der Waals surface area contributed by atoms with E-state index in [1.807, 2.05) is 36.4 Å². The van der Waals surface area contributed by atoms with Crippen LogP contribution in [0.3, 0.4) is 0 Å². The molecule has 1 saturated carbocycles. The lowest BCUT2D eigenvalue weighted by molar-refractivity contribution is -0.117. The molecule has 0 atom stereocenters. The van der Waals surface area contributed by atoms with Crippen LogP contribution in [-0.4, -0.2) is 41.8 Å². The quantitative estimate of drug-likeness (QED) is 0.697. The van der Waals surface area contributed by atoms with Gasteiger partial charge in [0.15, 0.2) is 5.69 Å². The van der Waals surface area contributed by atoms with Gasteiger partial charge in [0.05, 0.1) is 17.6 Å². The van der Waals surface area contributed by atoms with Crippen molar-refractivity contribution in [1.29, 1.82) is 0 Å². The van der Waals surface area contributed by atoms with Gasteiger partial charge in [-0.25, -0.2) is 14.2 Å². The Morgan fingerprint density at radius 3 is 2.65 bits per heavy atom. The highest BCUT2D eigenvalue weighted by Gasteiger charge is 2.28. The van der Waals surface area contributed by atoms with Gasteiger partial charge in [0.1, 0.15) is 12.4 Å². The molecule has 0 unspecified atom stereocenters. The topological polar surface area (TPSA) is 115 Å². The number of aromatic carboxylic acids is 1. The molecular formula is C17H16N6O3. The number of carboxylic acid groups (broad SMARTS) is 1. The molecule has 0 bridgehead atoms. The number of para-hydroxylation sites is 1. The average molecular weight is 352 g/mol. The van der Waals surface area contributed by atoms with Gasteiger partial charge in [-0.1, -0.05) is 23.4 Å². The molecule has 9 nitrogen and oxygen atoms in total. The summed E-state index contributed by atoms with van der Waals surface area (Å²) in [4.78, 5) is 23.2. The molecule has 0 radical (unpaired) electrons. The predicted molar refractivity (Wildman–Crippen MR) is 91.2 cm³/mol. The molecule has 0 spiro atoms. The molecule has 1 aromatic carbocycles. The van der Waals surface area contributed by atoms with E-state index in [9.17, 15) is 9.59 Å². The van der Waals surface area contributed by atoms with Crippen molar-refractivity contribution in [3.63, 3.8) is 0 Å². The number of nitrogens with one attached hydrogen (secondary N) is 1. The Hall–Kier alpha value is -3.49. The number of rotatable bonds is 6. The Bertz CT molecular complexity index is 958. The fourth-order valence-corrected chi connectivity index (χ4v) is 2.64. The van der Waals surface area contributed by atoms with Gasteiger partial charge < -0.3 is 10.4 Å². The van der Waals surface area contributed by atoms with Crippen molar-refractivity contribution in [3.8, 4) is 5.69 Å². The summed E-state index contributed by atoms with van der Waals surface area (Å²) >= 11 is 0. The molecule has 1 amide bonds. The molecule has 2 N–H and O–H groups in total. The van der Waals surface area contributed by atoms with Gasteiger partial charge in [-0.3, -0.25) is 4.79 Å². The monoisotopic (exact) mass is 352 g/mol. The molecule has 1 aliphatic rings. The van der Waals surface area contributed by atoms with Crippen molar-refractivity contribution in [1.82, 2.24) is 24.8 Å². The van der Waals surface area contributed by atoms with E-state index in [0.29, 0.717) is 11.7 Å². The Labute approximate surface area is 148 Å². The summed E-state index contributed by atoms with van der Waals surface area (Å²) < 4.78 is 2.89. The molecule has 2 aromatic heterocycles. The van der Waals surface area contributed by atoms with E-state index in [1.54, 1.807) is 4.68 Å². The van der Waals surface area contributed by atoms with Crippen LogP contribution in [-0.2, 0) is 11.3 Å². The predicted octanol–water partition coefficient (Wildman–Crippen LogP) is 1.68. The third-order valence-electron chi connectivity index (χ3n) is 4.06. The maximum Gasteiger partial charge on any atom is 0.358 e. The molecule has 1 aliphatic carbocycles. The Balaban J connectivity index is 1.54. The zero-order valence-corrected chi connectivity index (χ0v) is 13.7. The molecule has 26 heavy (non-hydrogen) atoms. The number of anilines is 1. The van der Waals surface area contributed by atoms with Crippen LogP contribution in [0.1, 0.15) is 34.9 Å². The number of benzene rings is 1. The highest BCUT2D eigenvalue weighted by molar-refractivity contribution is 5.90. The van der Waals surface area contributed by atoms with Gasteiger partial charge in [-0.05, 0) is 25.0 Å². The first-order valence-corrected chi connectivity index (χ1v) is 8.19. The lowest BCUT2D eigenvalue weighted by Crippen LogP contribution is -2.21. The van der Waals surface area contributed by atoms with E-state index in [-0.39, 0.29) is 18.1 Å². The highest BCUT2D eigenvalue weighted by atomic mass is 16.4. The van der Waals surface area contributed by atoms with E-state index in [1.165, 1.54) is 10.9 Å². The van der Waals surface area contributed by atoms with Gasteiger partial charge in [-0.2, -0.15) is 5.10 Å². The fraction of sp³-hybridized carbons (Fsp3) is 0.235. The van der Waals surface area contributed by atoms with E-state index >= 15 is 0 Å². The largest absolute Gasteiger partial charge is 0.476 e. The number of carboxylic acids is 1. The minimum atomic E-state index is -1.19. The molecule has 1 fully saturated rings. The first kappa shape index (κ1) is 16.0. The van der Waals surface area contributed by atoms with Crippen LogP contribution in [0.15, 0.2) is 42.6 Å². The Morgan fingerprint density at radius 1 is 1.23 bits per heavy atom. The maximum absolute atomic E-state index is 12.4. The van der Waals surface area contributed by atoms with Crippen molar-refractivity contribution in [2.24, 2.45) is 0 Å². The summed E-state index contributed by atoms with van der Waals surface area (Å²) in [5, 5.41) is 23.4. The number of aromatic nitrogens is 5. The summed E-state index contributed by atoms with van der Waals surface area (Å²) in [6.07, 6.45) is 3.43. The molecular weight excluding hydrogens is 336 g/mol. The van der Waals surface area contributed by atoms with Gasteiger partial charge in [0, 0.05) is 12.0 Å². The van der Waals surface area contributed by atoms with Crippen molar-refractivity contribution >= 4 is 17.7 Å². The number of carbonyl (C=O) groups excluding carboxylic acids is 1. The van der Waals surface area contributed by atoms with Crippen LogP contribution in [0.2, 0.25) is 0 Å². The molecule has 4 rings (SSSR count). The second kappa shape index (κ2) is 6.43. The van der Waals surface area contributed by atoms with Crippen molar-refractivity contribution in [2.75, 3.05) is 5.32 Å². The maximum atomic E-state index is 12.4. The fourth-order valence-electron chi connectivity index (χ4n) is 2.64. The summed E-state index contributed by atoms with van der Waals surface area (Å²) in [5.74, 6) is -0.509. The smallest absolute Gasteiger partial charge is 0.358 e. The number of amides is 1. The van der Waals surface area contributed by atoms with E-state index in [0.717, 1.165) is 24.2 Å². The minimum Gasteiger partial charge on any atom is -0.476 e. The number of hydrogen-bond acceptors (Lipinski definition) is 5. The first-order chi connectivity index (χ1) is 12.6. The summed E-state index contributed by atoms with van der Waals surface area (Å²) in [5.41, 5.74) is 1.60. The normalized spacial score (nSPS) is 13.5. The third kappa shape index (κ3) is 3.32. The molecule has 0 aliphatic heterocycles. The number of hydrogen-bond donors (Lipinski definition) is 2. The SMILES string of the molecule is O=C(Cn1cc(C(=O)O)nn1)Nc1cc(C2CC2)nn1-c1ccccc1. The third-order valence-corrected chi connectivity index (χ3v) is 4.06. The van der Waals surface area contributed by atoms with Crippen LogP contribution >= 0.6 is 0 Å². The number of nitrogens with zero attached hydrogens (tertiary/aromatic N) is 5. The van der Waals surface area contributed by atoms with Crippen LogP contribution in [0, 0.1) is 0 Å². The van der Waals surface area contributed by atoms with Gasteiger partial charge in [-0.15, -0.1) is 5.10 Å². The zero-order valence-electron chi connectivity index (χ0n) is 13.7. The zero-order chi connectivity index (χ0) is 18.1. The number of carbonyl (C=O) groups is 2. The van der Waals surface area contributed by atoms with E-state index in [4.69, 9.17) is 5.11 Å². The molecule has 3 aromatic rings. The Kier molecular flexibility index (Phi) is 3.96. The lowest BCUT2D eigenvalue weighted by atomic mass is 10.3. The van der Waals surface area contributed by atoms with Crippen LogP contribution in [0.5, 0.6) is 0 Å². The summed E-state index contributed by atoms with van der Waals surface area (Å²) in [6, 6.07) is 11.4. The van der Waals surface area contributed by atoms with Gasteiger partial charge in [0.2, 0.25) is 5.91 Å². The van der Waals surface area contributed by atoms with Crippen molar-refractivity contribution < 1.29 is 14.7 Å². The summed E-state index contributed by atoms with van der Waals surface area (Å²) in [6.45, 7) is -0.140. The molecule has 2 heterocycles. The van der Waals surface area contributed by atoms with Crippen molar-refractivity contribution in [3.05, 3.63) is 54.0 Å². The van der Waals surface area contributed by atoms with Gasteiger partial charge >= 0.3 is 5.97 Å². The highest BCUT2D eigenvalue weighted by Crippen LogP contribution is 2.40. The van der Waals surface area contributed by atoms with Crippen molar-refractivity contribution in [2.45, 2.75) is 25.3 Å². The minimum absolute atomic E-state index is 0.140. The van der Waals surface area contributed by atoms with E-state index in [2.05, 4.69) is 20.7 Å². The molecule has 132 valence electrons. The standard InChI is InChI=1S/C17H16N6O3/c24-16(10-22-9-14(17(25)26)19-21-22)18-15-8-13(11-6-7-11)20-23(15)12-4-2-1-3-5-12/h1-5,8-9,11H,6-7,10H2,(H,18,24)(H,25,26). The second-order valence-corrected chi connectivity index (χ2v) is 6.13. The lowest BCUT2D eigenvalue weighted by Gasteiger charge is -2.08. The van der Waals surface area contributed by atoms with Crippen LogP contribution in [0.4, 0.5) is 5.82 Å².